The second-order valence-corrected chi connectivity index (χ2v) is 5.38. The fraction of sp³-hybridized carbons (Fsp3) is 0.235. The summed E-state index contributed by atoms with van der Waals surface area (Å²) >= 11 is 0. The predicted molar refractivity (Wildman–Crippen MR) is 85.1 cm³/mol. The maximum atomic E-state index is 5.81. The van der Waals surface area contributed by atoms with Gasteiger partial charge in [0, 0.05) is 24.8 Å². The van der Waals surface area contributed by atoms with Gasteiger partial charge in [-0.2, -0.15) is 0 Å². The molecular formula is C17H18N4. The van der Waals surface area contributed by atoms with Gasteiger partial charge < -0.3 is 15.0 Å². The molecule has 4 nitrogen and oxygen atoms in total. The quantitative estimate of drug-likeness (QED) is 0.801. The van der Waals surface area contributed by atoms with Gasteiger partial charge in [0.2, 0.25) is 0 Å². The Morgan fingerprint density at radius 3 is 2.86 bits per heavy atom. The highest BCUT2D eigenvalue weighted by molar-refractivity contribution is 5.71. The highest BCUT2D eigenvalue weighted by Gasteiger charge is 2.25. The zero-order valence-corrected chi connectivity index (χ0v) is 11.9. The summed E-state index contributed by atoms with van der Waals surface area (Å²) in [6.45, 7) is 1.62. The molecule has 0 aliphatic carbocycles. The first kappa shape index (κ1) is 12.4. The molecule has 106 valence electrons. The molecule has 2 N–H and O–H groups in total. The smallest absolute Gasteiger partial charge is 0.155 e. The number of pyridine rings is 1. The van der Waals surface area contributed by atoms with Crippen LogP contribution in [0.3, 0.4) is 0 Å². The minimum absolute atomic E-state index is 0.630. The van der Waals surface area contributed by atoms with Gasteiger partial charge in [-0.25, -0.2) is 4.98 Å². The number of nitrogens with two attached hydrogens (primary N) is 1. The van der Waals surface area contributed by atoms with Crippen LogP contribution in [0.15, 0.2) is 48.7 Å². The third kappa shape index (κ3) is 1.91. The van der Waals surface area contributed by atoms with Crippen molar-refractivity contribution in [1.29, 1.82) is 0 Å². The molecule has 2 aromatic heterocycles. The lowest BCUT2D eigenvalue weighted by atomic mass is 10.2. The average molecular weight is 278 g/mol. The topological polar surface area (TPSA) is 46.6 Å². The van der Waals surface area contributed by atoms with Crippen LogP contribution in [0.5, 0.6) is 0 Å². The monoisotopic (exact) mass is 278 g/mol. The standard InChI is InChI=1S/C17H18N4/c18-10-8-15-17(19-16-7-3-4-11-20(15)16)21-12-9-13-5-1-2-6-14(13)21/h1-7,11H,8-10,12,18H2. The number of rotatable bonds is 3. The Hall–Kier alpha value is -2.33. The van der Waals surface area contributed by atoms with Crippen molar-refractivity contribution in [2.24, 2.45) is 5.73 Å². The van der Waals surface area contributed by atoms with Gasteiger partial charge in [-0.3, -0.25) is 0 Å². The van der Waals surface area contributed by atoms with Crippen molar-refractivity contribution in [2.75, 3.05) is 18.0 Å². The molecule has 0 saturated carbocycles. The van der Waals surface area contributed by atoms with Gasteiger partial charge in [0.05, 0.1) is 5.69 Å². The number of fused-ring (bicyclic) bond motifs is 2. The van der Waals surface area contributed by atoms with Gasteiger partial charge >= 0.3 is 0 Å². The Kier molecular flexibility index (Phi) is 2.89. The summed E-state index contributed by atoms with van der Waals surface area (Å²) in [7, 11) is 0. The van der Waals surface area contributed by atoms with E-state index in [1.807, 2.05) is 18.2 Å². The lowest BCUT2D eigenvalue weighted by Gasteiger charge is -2.18. The predicted octanol–water partition coefficient (Wildman–Crippen LogP) is 2.53. The number of anilines is 2. The van der Waals surface area contributed by atoms with Crippen LogP contribution in [-0.2, 0) is 12.8 Å². The van der Waals surface area contributed by atoms with E-state index in [9.17, 15) is 0 Å². The van der Waals surface area contributed by atoms with Crippen molar-refractivity contribution in [3.8, 4) is 0 Å². The van der Waals surface area contributed by atoms with Gasteiger partial charge in [0.25, 0.3) is 0 Å². The lowest BCUT2D eigenvalue weighted by Crippen LogP contribution is -2.17. The largest absolute Gasteiger partial charge is 0.330 e. The average Bonchev–Trinajstić information content (AvgIpc) is 3.09. The molecule has 4 rings (SSSR count). The van der Waals surface area contributed by atoms with E-state index in [0.29, 0.717) is 6.54 Å². The van der Waals surface area contributed by atoms with Crippen LogP contribution in [0.1, 0.15) is 11.3 Å². The van der Waals surface area contributed by atoms with Gasteiger partial charge in [0.15, 0.2) is 5.82 Å². The SMILES string of the molecule is NCCc1c(N2CCc3ccccc32)nc2ccccn12. The van der Waals surface area contributed by atoms with E-state index in [2.05, 4.69) is 39.8 Å². The molecule has 1 aliphatic rings. The van der Waals surface area contributed by atoms with Crippen LogP contribution in [-0.4, -0.2) is 22.5 Å². The molecular weight excluding hydrogens is 260 g/mol. The third-order valence-corrected chi connectivity index (χ3v) is 4.13. The maximum absolute atomic E-state index is 5.81. The summed E-state index contributed by atoms with van der Waals surface area (Å²) in [5.74, 6) is 1.05. The van der Waals surface area contributed by atoms with E-state index in [1.165, 1.54) is 16.9 Å². The molecule has 0 amide bonds. The maximum Gasteiger partial charge on any atom is 0.155 e. The van der Waals surface area contributed by atoms with Crippen molar-refractivity contribution in [2.45, 2.75) is 12.8 Å². The Labute approximate surface area is 123 Å². The molecule has 0 bridgehead atoms. The third-order valence-electron chi connectivity index (χ3n) is 4.13. The molecule has 1 aliphatic heterocycles. The molecule has 3 heterocycles. The van der Waals surface area contributed by atoms with E-state index in [1.54, 1.807) is 0 Å². The number of hydrogen-bond acceptors (Lipinski definition) is 3. The summed E-state index contributed by atoms with van der Waals surface area (Å²) in [4.78, 5) is 7.17. The van der Waals surface area contributed by atoms with Crippen molar-refractivity contribution < 1.29 is 0 Å². The summed E-state index contributed by atoms with van der Waals surface area (Å²) in [5.41, 5.74) is 10.7. The first-order valence-corrected chi connectivity index (χ1v) is 7.40. The molecule has 1 aromatic carbocycles. The van der Waals surface area contributed by atoms with Gasteiger partial charge in [0.1, 0.15) is 5.65 Å². The lowest BCUT2D eigenvalue weighted by molar-refractivity contribution is 0.887. The second kappa shape index (κ2) is 4.90. The fourth-order valence-corrected chi connectivity index (χ4v) is 3.18. The minimum atomic E-state index is 0.630. The summed E-state index contributed by atoms with van der Waals surface area (Å²) in [5, 5.41) is 0. The minimum Gasteiger partial charge on any atom is -0.330 e. The molecule has 0 saturated heterocycles. The van der Waals surface area contributed by atoms with Crippen molar-refractivity contribution >= 4 is 17.2 Å². The summed E-state index contributed by atoms with van der Waals surface area (Å²) in [6, 6.07) is 14.7. The molecule has 0 spiro atoms. The Morgan fingerprint density at radius 1 is 1.10 bits per heavy atom. The van der Waals surface area contributed by atoms with Gasteiger partial charge in [-0.15, -0.1) is 0 Å². The van der Waals surface area contributed by atoms with Crippen molar-refractivity contribution in [3.63, 3.8) is 0 Å². The molecule has 0 atom stereocenters. The first-order valence-electron chi connectivity index (χ1n) is 7.40. The molecule has 3 aromatic rings. The highest BCUT2D eigenvalue weighted by Crippen LogP contribution is 2.35. The van der Waals surface area contributed by atoms with Crippen molar-refractivity contribution in [1.82, 2.24) is 9.38 Å². The molecule has 4 heteroatoms. The van der Waals surface area contributed by atoms with E-state index < -0.39 is 0 Å². The van der Waals surface area contributed by atoms with Gasteiger partial charge in [-0.05, 0) is 36.7 Å². The summed E-state index contributed by atoms with van der Waals surface area (Å²) < 4.78 is 2.16. The summed E-state index contributed by atoms with van der Waals surface area (Å²) in [6.07, 6.45) is 3.98. The Morgan fingerprint density at radius 2 is 1.95 bits per heavy atom. The molecule has 0 fully saturated rings. The van der Waals surface area contributed by atoms with Crippen LogP contribution < -0.4 is 10.6 Å². The van der Waals surface area contributed by atoms with Crippen LogP contribution in [0.25, 0.3) is 5.65 Å². The number of imidazole rings is 1. The number of para-hydroxylation sites is 1. The van der Waals surface area contributed by atoms with Crippen LogP contribution in [0.4, 0.5) is 11.5 Å². The fourth-order valence-electron chi connectivity index (χ4n) is 3.18. The van der Waals surface area contributed by atoms with Crippen LogP contribution in [0, 0.1) is 0 Å². The van der Waals surface area contributed by atoms with E-state index >= 15 is 0 Å². The normalized spacial score (nSPS) is 13.9. The van der Waals surface area contributed by atoms with E-state index in [-0.39, 0.29) is 0 Å². The number of benzene rings is 1. The Balaban J connectivity index is 1.89. The second-order valence-electron chi connectivity index (χ2n) is 5.38. The molecule has 0 radical (unpaired) electrons. The number of nitrogens with zero attached hydrogens (tertiary/aromatic N) is 3. The molecule has 21 heavy (non-hydrogen) atoms. The number of hydrogen-bond donors (Lipinski definition) is 1. The zero-order valence-electron chi connectivity index (χ0n) is 11.9. The van der Waals surface area contributed by atoms with E-state index in [0.717, 1.165) is 30.9 Å². The zero-order chi connectivity index (χ0) is 14.2. The molecule has 0 unspecified atom stereocenters. The van der Waals surface area contributed by atoms with Crippen molar-refractivity contribution in [3.05, 3.63) is 59.9 Å². The highest BCUT2D eigenvalue weighted by atomic mass is 15.2. The van der Waals surface area contributed by atoms with E-state index in [4.69, 9.17) is 10.7 Å². The van der Waals surface area contributed by atoms with Crippen LogP contribution >= 0.6 is 0 Å². The Bertz CT molecular complexity index is 790. The first-order chi connectivity index (χ1) is 10.4. The van der Waals surface area contributed by atoms with Gasteiger partial charge in [-0.1, -0.05) is 24.3 Å². The van der Waals surface area contributed by atoms with Crippen LogP contribution in [0.2, 0.25) is 0 Å². The number of aromatic nitrogens is 2.